The molecule has 2 heterocycles. The van der Waals surface area contributed by atoms with Crippen molar-refractivity contribution in [2.45, 2.75) is 196 Å². The maximum Gasteiger partial charge on any atom is 0.338 e. The Kier molecular flexibility index (Phi) is 15.6. The molecule has 0 aromatic heterocycles. The Morgan fingerprint density at radius 3 is 2.05 bits per heavy atom. The Morgan fingerprint density at radius 2 is 1.41 bits per heavy atom. The normalized spacial score (nSPS) is 43.0. The zero-order chi connectivity index (χ0) is 46.2. The summed E-state index contributed by atoms with van der Waals surface area (Å²) in [5, 5.41) is 0. The predicted octanol–water partition coefficient (Wildman–Crippen LogP) is 10.8. The first kappa shape index (κ1) is 49.3. The first-order chi connectivity index (χ1) is 30.4. The second-order valence-corrected chi connectivity index (χ2v) is 22.3. The highest BCUT2D eigenvalue weighted by Crippen LogP contribution is 2.68. The van der Waals surface area contributed by atoms with Gasteiger partial charge in [-0.3, -0.25) is 14.4 Å². The number of hydrogen-bond donors (Lipinski definition) is 0. The highest BCUT2D eigenvalue weighted by atomic mass is 16.7. The molecule has 64 heavy (non-hydrogen) atoms. The molecular formula is C54H82O10. The Bertz CT molecular complexity index is 1780. The van der Waals surface area contributed by atoms with Crippen LogP contribution in [0.4, 0.5) is 0 Å². The van der Waals surface area contributed by atoms with Gasteiger partial charge in [0.05, 0.1) is 30.5 Å². The average molecular weight is 891 g/mol. The van der Waals surface area contributed by atoms with Crippen LogP contribution < -0.4 is 0 Å². The number of hydrogen-bond acceptors (Lipinski definition) is 10. The number of benzene rings is 1. The first-order valence-electron chi connectivity index (χ1n) is 25.5. The number of esters is 2. The van der Waals surface area contributed by atoms with Crippen LogP contribution >= 0.6 is 0 Å². The summed E-state index contributed by atoms with van der Waals surface area (Å²) in [5.41, 5.74) is 0.506. The molecule has 4 saturated carbocycles. The van der Waals surface area contributed by atoms with E-state index in [2.05, 4.69) is 62.3 Å². The molecule has 1 aromatic carbocycles. The van der Waals surface area contributed by atoms with Gasteiger partial charge >= 0.3 is 11.9 Å². The van der Waals surface area contributed by atoms with Crippen molar-refractivity contribution in [2.75, 3.05) is 6.61 Å². The van der Waals surface area contributed by atoms with Crippen LogP contribution in [0.25, 0.3) is 0 Å². The van der Waals surface area contributed by atoms with Crippen LogP contribution in [0, 0.1) is 75.9 Å². The van der Waals surface area contributed by atoms with E-state index in [0.29, 0.717) is 55.1 Å². The molecule has 2 saturated heterocycles. The summed E-state index contributed by atoms with van der Waals surface area (Å²) >= 11 is 0. The van der Waals surface area contributed by atoms with Crippen molar-refractivity contribution in [1.82, 2.24) is 0 Å². The fourth-order valence-corrected chi connectivity index (χ4v) is 14.3. The number of carbonyl (C=O) groups excluding carboxylic acids is 4. The van der Waals surface area contributed by atoms with Crippen LogP contribution in [0.5, 0.6) is 0 Å². The summed E-state index contributed by atoms with van der Waals surface area (Å²) in [6.07, 6.45) is 8.66. The summed E-state index contributed by atoms with van der Waals surface area (Å²) in [6, 6.07) is 9.03. The van der Waals surface area contributed by atoms with Gasteiger partial charge < -0.3 is 28.4 Å². The van der Waals surface area contributed by atoms with Crippen LogP contribution in [0.3, 0.4) is 0 Å². The van der Waals surface area contributed by atoms with E-state index in [1.165, 1.54) is 6.92 Å². The molecule has 0 bridgehead atoms. The molecular weight excluding hydrogens is 809 g/mol. The average Bonchev–Trinajstić information content (AvgIpc) is 3.55. The van der Waals surface area contributed by atoms with Crippen LogP contribution in [-0.4, -0.2) is 73.2 Å². The molecule has 2 aliphatic heterocycles. The number of fused-ring (bicyclic) bond motifs is 5. The molecule has 0 radical (unpaired) electrons. The molecule has 12 unspecified atom stereocenters. The van der Waals surface area contributed by atoms with Crippen LogP contribution in [0.2, 0.25) is 0 Å². The largest absolute Gasteiger partial charge is 0.457 e. The maximum atomic E-state index is 14.2. The Hall–Kier alpha value is -2.66. The van der Waals surface area contributed by atoms with Crippen LogP contribution in [-0.2, 0) is 42.8 Å². The van der Waals surface area contributed by atoms with E-state index in [4.69, 9.17) is 28.4 Å². The second kappa shape index (κ2) is 20.3. The summed E-state index contributed by atoms with van der Waals surface area (Å²) in [6.45, 7) is 23.7. The molecule has 10 nitrogen and oxygen atoms in total. The molecule has 0 amide bonds. The van der Waals surface area contributed by atoms with Crippen molar-refractivity contribution in [3.05, 3.63) is 35.9 Å². The molecule has 0 spiro atoms. The lowest BCUT2D eigenvalue weighted by molar-refractivity contribution is -0.294. The Morgan fingerprint density at radius 1 is 0.781 bits per heavy atom. The van der Waals surface area contributed by atoms with E-state index >= 15 is 0 Å². The van der Waals surface area contributed by atoms with Crippen molar-refractivity contribution >= 4 is 23.5 Å². The van der Waals surface area contributed by atoms with Gasteiger partial charge in [0.1, 0.15) is 11.6 Å². The topological polar surface area (TPSA) is 124 Å². The Balaban J connectivity index is 0.930. The third kappa shape index (κ3) is 9.69. The van der Waals surface area contributed by atoms with Gasteiger partial charge in [-0.05, 0) is 129 Å². The number of ketones is 2. The van der Waals surface area contributed by atoms with Crippen molar-refractivity contribution in [1.29, 1.82) is 0 Å². The second-order valence-electron chi connectivity index (χ2n) is 22.3. The van der Waals surface area contributed by atoms with Gasteiger partial charge in [-0.1, -0.05) is 87.4 Å². The molecule has 1 aromatic rings. The molecule has 358 valence electrons. The number of Topliss-reactive ketones (excluding diaryl/α,β-unsaturated/α-hetero) is 2. The van der Waals surface area contributed by atoms with E-state index in [-0.39, 0.29) is 94.1 Å². The molecule has 10 heteroatoms. The zero-order valence-electron chi connectivity index (χ0n) is 41.1. The fourth-order valence-electron chi connectivity index (χ4n) is 14.3. The van der Waals surface area contributed by atoms with Gasteiger partial charge in [0.15, 0.2) is 24.8 Å². The van der Waals surface area contributed by atoms with Crippen LogP contribution in [0.1, 0.15) is 164 Å². The molecule has 6 aliphatic rings. The van der Waals surface area contributed by atoms with Crippen molar-refractivity contribution in [2.24, 2.45) is 75.9 Å². The van der Waals surface area contributed by atoms with E-state index in [1.807, 2.05) is 25.1 Å². The maximum absolute atomic E-state index is 14.2. The van der Waals surface area contributed by atoms with Gasteiger partial charge in [0.2, 0.25) is 0 Å². The lowest BCUT2D eigenvalue weighted by Gasteiger charge is -2.61. The Labute approximate surface area is 384 Å². The standard InChI is InChI=1S/C54H82O10/c1-12-45-31(4)33(6)48(64-50(58)37-17-15-14-16-18-37)51(62-45)59-29-30(3)19-22-43(56)35(8)47-44(57)28-42-40-21-20-38-27-39(23-25-53(38,10)41(40)24-26-54(42,47)11)61-52-49(60-36(9)55)34(7)32(5)46(13-2)63-52/h14-18,30-35,38-42,45-49,51-52H,12-13,19-29H2,1-11H3/t30-,31+,32+,33-,34-,35+,38?,39?,40?,41?,42?,45?,46?,47?,48?,49?,51+,52+,53?,54?/m0/s1. The summed E-state index contributed by atoms with van der Waals surface area (Å²) < 4.78 is 38.1. The van der Waals surface area contributed by atoms with Gasteiger partial charge in [0.25, 0.3) is 0 Å². The van der Waals surface area contributed by atoms with E-state index < -0.39 is 24.8 Å². The van der Waals surface area contributed by atoms with Gasteiger partial charge in [-0.2, -0.15) is 0 Å². The van der Waals surface area contributed by atoms with Crippen molar-refractivity contribution < 1.29 is 47.6 Å². The summed E-state index contributed by atoms with van der Waals surface area (Å²) in [4.78, 5) is 53.6. The molecule has 6 fully saturated rings. The highest BCUT2D eigenvalue weighted by Gasteiger charge is 2.64. The molecule has 0 N–H and O–H groups in total. The van der Waals surface area contributed by atoms with E-state index in [0.717, 1.165) is 57.8 Å². The molecule has 20 atom stereocenters. The SMILES string of the molecule is CCC1O[C@@H](OC[C@@H](C)CCC(=O)[C@@H](C)C2C(=O)CC3C4CCC5CC(O[C@@H]6OC(CC)[C@H](C)[C@H](C)C6OC(C)=O)CCC5(C)C4CCC32C)C(OC(=O)c2ccccc2)[C@@H](C)[C@H]1C. The molecule has 4 aliphatic carbocycles. The summed E-state index contributed by atoms with van der Waals surface area (Å²) in [7, 11) is 0. The smallest absolute Gasteiger partial charge is 0.338 e. The quantitative estimate of drug-likeness (QED) is 0.124. The minimum Gasteiger partial charge on any atom is -0.457 e. The van der Waals surface area contributed by atoms with E-state index in [9.17, 15) is 19.2 Å². The van der Waals surface area contributed by atoms with Crippen molar-refractivity contribution in [3.63, 3.8) is 0 Å². The lowest BCUT2D eigenvalue weighted by atomic mass is 9.44. The predicted molar refractivity (Wildman–Crippen MR) is 245 cm³/mol. The van der Waals surface area contributed by atoms with Crippen LogP contribution in [0.15, 0.2) is 30.3 Å². The fraction of sp³-hybridized carbons (Fsp3) is 0.815. The third-order valence-electron chi connectivity index (χ3n) is 18.7. The number of carbonyl (C=O) groups is 4. The third-order valence-corrected chi connectivity index (χ3v) is 18.7. The van der Waals surface area contributed by atoms with Gasteiger partial charge in [0, 0.05) is 43.4 Å². The van der Waals surface area contributed by atoms with Crippen molar-refractivity contribution in [3.8, 4) is 0 Å². The monoisotopic (exact) mass is 891 g/mol. The lowest BCUT2D eigenvalue weighted by Crippen LogP contribution is -2.56. The highest BCUT2D eigenvalue weighted by molar-refractivity contribution is 5.92. The zero-order valence-corrected chi connectivity index (χ0v) is 41.1. The van der Waals surface area contributed by atoms with Gasteiger partial charge in [-0.25, -0.2) is 4.79 Å². The number of rotatable bonds is 15. The minimum atomic E-state index is -0.691. The summed E-state index contributed by atoms with van der Waals surface area (Å²) in [5.74, 6) is 1.83. The molecule has 7 rings (SSSR count). The first-order valence-corrected chi connectivity index (χ1v) is 25.5. The minimum absolute atomic E-state index is 0.00543. The van der Waals surface area contributed by atoms with E-state index in [1.54, 1.807) is 12.1 Å². The van der Waals surface area contributed by atoms with Gasteiger partial charge in [-0.15, -0.1) is 0 Å². The number of ether oxygens (including phenoxy) is 6.